The number of nitrogens with zero attached hydrogens (tertiary/aromatic N) is 1. The SMILES string of the molecule is CCOC1CCCN(c2ccc3c(c2)CCC(C)N3)C1. The smallest absolute Gasteiger partial charge is 0.0750 e. The molecule has 2 aliphatic heterocycles. The maximum atomic E-state index is 5.81. The molecule has 0 spiro atoms. The van der Waals surface area contributed by atoms with E-state index in [1.54, 1.807) is 0 Å². The summed E-state index contributed by atoms with van der Waals surface area (Å²) in [5.41, 5.74) is 4.16. The van der Waals surface area contributed by atoms with Crippen LogP contribution < -0.4 is 10.2 Å². The minimum absolute atomic E-state index is 0.405. The van der Waals surface area contributed by atoms with E-state index in [-0.39, 0.29) is 0 Å². The largest absolute Gasteiger partial charge is 0.382 e. The predicted molar refractivity (Wildman–Crippen MR) is 84.7 cm³/mol. The number of hydrogen-bond acceptors (Lipinski definition) is 3. The van der Waals surface area contributed by atoms with Gasteiger partial charge in [-0.15, -0.1) is 0 Å². The molecule has 0 bridgehead atoms. The zero-order chi connectivity index (χ0) is 13.9. The summed E-state index contributed by atoms with van der Waals surface area (Å²) in [7, 11) is 0. The van der Waals surface area contributed by atoms with Crippen LogP contribution in [0.15, 0.2) is 18.2 Å². The Morgan fingerprint density at radius 3 is 3.10 bits per heavy atom. The lowest BCUT2D eigenvalue weighted by molar-refractivity contribution is 0.0527. The third-order valence-electron chi connectivity index (χ3n) is 4.48. The number of nitrogens with one attached hydrogen (secondary N) is 1. The number of hydrogen-bond donors (Lipinski definition) is 1. The lowest BCUT2D eigenvalue weighted by atomic mass is 9.97. The summed E-state index contributed by atoms with van der Waals surface area (Å²) in [4.78, 5) is 2.49. The van der Waals surface area contributed by atoms with Crippen LogP contribution in [0.3, 0.4) is 0 Å². The zero-order valence-corrected chi connectivity index (χ0v) is 12.7. The fourth-order valence-electron chi connectivity index (χ4n) is 3.38. The Bertz CT molecular complexity index is 458. The zero-order valence-electron chi connectivity index (χ0n) is 12.7. The van der Waals surface area contributed by atoms with Gasteiger partial charge in [-0.3, -0.25) is 0 Å². The van der Waals surface area contributed by atoms with E-state index < -0.39 is 0 Å². The van der Waals surface area contributed by atoms with Crippen molar-refractivity contribution in [3.05, 3.63) is 23.8 Å². The molecule has 2 atom stereocenters. The summed E-state index contributed by atoms with van der Waals surface area (Å²) in [6.45, 7) is 7.37. The average Bonchev–Trinajstić information content (AvgIpc) is 2.47. The van der Waals surface area contributed by atoms with E-state index in [9.17, 15) is 0 Å². The van der Waals surface area contributed by atoms with Crippen LogP contribution in [0.4, 0.5) is 11.4 Å². The fourth-order valence-corrected chi connectivity index (χ4v) is 3.38. The highest BCUT2D eigenvalue weighted by atomic mass is 16.5. The molecule has 3 nitrogen and oxygen atoms in total. The highest BCUT2D eigenvalue weighted by Gasteiger charge is 2.21. The molecule has 3 rings (SSSR count). The molecule has 110 valence electrons. The molecule has 0 amide bonds. The van der Waals surface area contributed by atoms with Gasteiger partial charge < -0.3 is 15.0 Å². The van der Waals surface area contributed by atoms with Gasteiger partial charge in [0.15, 0.2) is 0 Å². The minimum Gasteiger partial charge on any atom is -0.382 e. The quantitative estimate of drug-likeness (QED) is 0.914. The summed E-state index contributed by atoms with van der Waals surface area (Å²) in [5.74, 6) is 0. The van der Waals surface area contributed by atoms with E-state index in [2.05, 4.69) is 42.3 Å². The maximum absolute atomic E-state index is 5.81. The first-order valence-corrected chi connectivity index (χ1v) is 8.02. The van der Waals surface area contributed by atoms with Crippen molar-refractivity contribution >= 4 is 11.4 Å². The summed E-state index contributed by atoms with van der Waals surface area (Å²) < 4.78 is 5.81. The third kappa shape index (κ3) is 2.93. The Kier molecular flexibility index (Phi) is 4.16. The van der Waals surface area contributed by atoms with E-state index >= 15 is 0 Å². The summed E-state index contributed by atoms with van der Waals surface area (Å²) in [6, 6.07) is 7.50. The maximum Gasteiger partial charge on any atom is 0.0750 e. The van der Waals surface area contributed by atoms with Crippen LogP contribution in [0.1, 0.15) is 38.7 Å². The van der Waals surface area contributed by atoms with Crippen molar-refractivity contribution in [2.45, 2.75) is 51.7 Å². The third-order valence-corrected chi connectivity index (χ3v) is 4.48. The molecule has 1 N–H and O–H groups in total. The molecule has 2 heterocycles. The molecule has 1 saturated heterocycles. The Morgan fingerprint density at radius 1 is 1.35 bits per heavy atom. The lowest BCUT2D eigenvalue weighted by Gasteiger charge is -2.35. The van der Waals surface area contributed by atoms with Gasteiger partial charge in [0.2, 0.25) is 0 Å². The summed E-state index contributed by atoms with van der Waals surface area (Å²) in [5, 5.41) is 3.58. The molecular weight excluding hydrogens is 248 g/mol. The Hall–Kier alpha value is -1.22. The number of rotatable bonds is 3. The van der Waals surface area contributed by atoms with Gasteiger partial charge in [0, 0.05) is 37.1 Å². The number of anilines is 2. The second kappa shape index (κ2) is 6.04. The first-order chi connectivity index (χ1) is 9.76. The summed E-state index contributed by atoms with van der Waals surface area (Å²) >= 11 is 0. The Labute approximate surface area is 122 Å². The van der Waals surface area contributed by atoms with Crippen LogP contribution in [0.2, 0.25) is 0 Å². The molecule has 0 radical (unpaired) electrons. The van der Waals surface area contributed by atoms with Crippen molar-refractivity contribution in [1.29, 1.82) is 0 Å². The molecule has 0 aliphatic carbocycles. The fraction of sp³-hybridized carbons (Fsp3) is 0.647. The standard InChI is InChI=1S/C17H26N2O/c1-3-20-16-5-4-10-19(12-16)15-8-9-17-14(11-15)7-6-13(2)18-17/h8-9,11,13,16,18H,3-7,10,12H2,1-2H3. The van der Waals surface area contributed by atoms with Crippen LogP contribution in [0.25, 0.3) is 0 Å². The second-order valence-electron chi connectivity index (χ2n) is 6.09. The summed E-state index contributed by atoms with van der Waals surface area (Å²) in [6.07, 6.45) is 5.27. The number of ether oxygens (including phenoxy) is 1. The van der Waals surface area contributed by atoms with Crippen LogP contribution in [0.5, 0.6) is 0 Å². The Balaban J connectivity index is 1.74. The molecule has 2 unspecified atom stereocenters. The number of piperidine rings is 1. The normalized spacial score (nSPS) is 26.0. The molecule has 20 heavy (non-hydrogen) atoms. The van der Waals surface area contributed by atoms with Crippen LogP contribution in [0, 0.1) is 0 Å². The van der Waals surface area contributed by atoms with Gasteiger partial charge in [0.25, 0.3) is 0 Å². The number of aryl methyl sites for hydroxylation is 1. The monoisotopic (exact) mass is 274 g/mol. The van der Waals surface area contributed by atoms with Crippen LogP contribution in [-0.2, 0) is 11.2 Å². The van der Waals surface area contributed by atoms with Crippen molar-refractivity contribution in [1.82, 2.24) is 0 Å². The van der Waals surface area contributed by atoms with Gasteiger partial charge in [0.1, 0.15) is 0 Å². The molecule has 1 aromatic carbocycles. The number of fused-ring (bicyclic) bond motifs is 1. The van der Waals surface area contributed by atoms with Gasteiger partial charge in [-0.1, -0.05) is 0 Å². The highest BCUT2D eigenvalue weighted by molar-refractivity contribution is 5.62. The van der Waals surface area contributed by atoms with Gasteiger partial charge >= 0.3 is 0 Å². The molecule has 0 saturated carbocycles. The van der Waals surface area contributed by atoms with Crippen LogP contribution in [-0.4, -0.2) is 31.8 Å². The van der Waals surface area contributed by atoms with Crippen LogP contribution >= 0.6 is 0 Å². The molecular formula is C17H26N2O. The van der Waals surface area contributed by atoms with Crippen molar-refractivity contribution in [3.8, 4) is 0 Å². The molecule has 2 aliphatic rings. The second-order valence-corrected chi connectivity index (χ2v) is 6.09. The topological polar surface area (TPSA) is 24.5 Å². The molecule has 3 heteroatoms. The van der Waals surface area contributed by atoms with E-state index in [0.29, 0.717) is 12.1 Å². The van der Waals surface area contributed by atoms with Gasteiger partial charge in [-0.2, -0.15) is 0 Å². The van der Waals surface area contributed by atoms with Gasteiger partial charge in [0.05, 0.1) is 6.10 Å². The number of benzene rings is 1. The molecule has 1 aromatic rings. The van der Waals surface area contributed by atoms with Crippen molar-refractivity contribution in [2.75, 3.05) is 29.9 Å². The van der Waals surface area contributed by atoms with Gasteiger partial charge in [-0.05, 0) is 63.3 Å². The van der Waals surface area contributed by atoms with Crippen molar-refractivity contribution in [3.63, 3.8) is 0 Å². The lowest BCUT2D eigenvalue weighted by Crippen LogP contribution is -2.39. The van der Waals surface area contributed by atoms with Gasteiger partial charge in [-0.25, -0.2) is 0 Å². The predicted octanol–water partition coefficient (Wildman–Crippen LogP) is 3.44. The molecule has 0 aromatic heterocycles. The van der Waals surface area contributed by atoms with E-state index in [1.165, 1.54) is 42.6 Å². The minimum atomic E-state index is 0.405. The molecule has 1 fully saturated rings. The first kappa shape index (κ1) is 13.7. The van der Waals surface area contributed by atoms with Crippen molar-refractivity contribution < 1.29 is 4.74 Å². The van der Waals surface area contributed by atoms with E-state index in [4.69, 9.17) is 4.74 Å². The highest BCUT2D eigenvalue weighted by Crippen LogP contribution is 2.30. The van der Waals surface area contributed by atoms with E-state index in [1.807, 2.05) is 0 Å². The van der Waals surface area contributed by atoms with Crippen molar-refractivity contribution in [2.24, 2.45) is 0 Å². The first-order valence-electron chi connectivity index (χ1n) is 8.02. The van der Waals surface area contributed by atoms with E-state index in [0.717, 1.165) is 19.7 Å². The average molecular weight is 274 g/mol. The Morgan fingerprint density at radius 2 is 2.25 bits per heavy atom.